The lowest BCUT2D eigenvalue weighted by atomic mass is 9.78. The Morgan fingerprint density at radius 3 is 2.51 bits per heavy atom. The SMILES string of the molecule is C=C(CC1=CC(c2cc(OC3CC4C(=O)CC5(C(=O)O)CC5/C=C\CCCCCC(CC(=O)OC5CCCC5)C(=O)C4C3)c3cccc(C)c3c2)=CC1)CC(C)C. The van der Waals surface area contributed by atoms with Crippen LogP contribution in [-0.2, 0) is 23.9 Å². The van der Waals surface area contributed by atoms with Crippen molar-refractivity contribution in [3.05, 3.63) is 83.5 Å². The number of carbonyl (C=O) groups excluding carboxylic acids is 3. The Morgan fingerprint density at radius 1 is 0.965 bits per heavy atom. The van der Waals surface area contributed by atoms with E-state index in [-0.39, 0.29) is 42.4 Å². The van der Waals surface area contributed by atoms with Gasteiger partial charge in [0, 0.05) is 29.6 Å². The Kier molecular flexibility index (Phi) is 12.7. The van der Waals surface area contributed by atoms with Gasteiger partial charge in [0.25, 0.3) is 0 Å². The molecule has 3 fully saturated rings. The van der Waals surface area contributed by atoms with E-state index in [0.29, 0.717) is 31.6 Å². The lowest BCUT2D eigenvalue weighted by molar-refractivity contribution is -0.152. The molecule has 0 amide bonds. The largest absolute Gasteiger partial charge is 0.490 e. The summed E-state index contributed by atoms with van der Waals surface area (Å²) in [7, 11) is 0. The molecule has 6 unspecified atom stereocenters. The van der Waals surface area contributed by atoms with Crippen molar-refractivity contribution in [2.45, 2.75) is 142 Å². The highest BCUT2D eigenvalue weighted by Gasteiger charge is 2.61. The molecule has 7 nitrogen and oxygen atoms in total. The minimum Gasteiger partial charge on any atom is -0.490 e. The first-order valence-corrected chi connectivity index (χ1v) is 21.8. The minimum atomic E-state index is -1.13. The van der Waals surface area contributed by atoms with Gasteiger partial charge in [0.1, 0.15) is 29.5 Å². The lowest BCUT2D eigenvalue weighted by Gasteiger charge is -2.24. The monoisotopic (exact) mass is 774 g/mol. The maximum atomic E-state index is 14.8. The number of ether oxygens (including phenoxy) is 2. The third-order valence-corrected chi connectivity index (χ3v) is 13.5. The van der Waals surface area contributed by atoms with E-state index in [1.165, 1.54) is 11.1 Å². The summed E-state index contributed by atoms with van der Waals surface area (Å²) >= 11 is 0. The van der Waals surface area contributed by atoms with E-state index in [2.05, 4.69) is 69.8 Å². The van der Waals surface area contributed by atoms with E-state index in [0.717, 1.165) is 104 Å². The predicted octanol–water partition coefficient (Wildman–Crippen LogP) is 11.3. The molecule has 0 radical (unpaired) electrons. The van der Waals surface area contributed by atoms with Crippen LogP contribution < -0.4 is 4.74 Å². The van der Waals surface area contributed by atoms with Crippen molar-refractivity contribution >= 4 is 39.9 Å². The van der Waals surface area contributed by atoms with Gasteiger partial charge in [0.2, 0.25) is 0 Å². The number of benzene rings is 2. The van der Waals surface area contributed by atoms with Crippen molar-refractivity contribution in [3.63, 3.8) is 0 Å². The van der Waals surface area contributed by atoms with Crippen molar-refractivity contribution in [3.8, 4) is 5.75 Å². The van der Waals surface area contributed by atoms with Crippen LogP contribution in [0.25, 0.3) is 16.3 Å². The van der Waals surface area contributed by atoms with Crippen molar-refractivity contribution in [1.29, 1.82) is 0 Å². The van der Waals surface area contributed by atoms with Crippen molar-refractivity contribution < 1.29 is 33.8 Å². The van der Waals surface area contributed by atoms with Gasteiger partial charge in [0.15, 0.2) is 0 Å². The van der Waals surface area contributed by atoms with E-state index in [4.69, 9.17) is 9.47 Å². The Bertz CT molecular complexity index is 1970. The molecule has 7 heteroatoms. The quantitative estimate of drug-likeness (QED) is 0.179. The number of hydrogen-bond acceptors (Lipinski definition) is 6. The Labute approximate surface area is 339 Å². The average Bonchev–Trinajstić information content (AvgIpc) is 3.59. The zero-order chi connectivity index (χ0) is 40.3. The number of Topliss-reactive ketones (excluding diaryl/α,β-unsaturated/α-hetero) is 2. The topological polar surface area (TPSA) is 107 Å². The fraction of sp³-hybridized carbons (Fsp3) is 0.560. The Balaban J connectivity index is 1.18. The fourth-order valence-corrected chi connectivity index (χ4v) is 10.3. The molecule has 0 aliphatic heterocycles. The number of carboxylic acids is 1. The number of allylic oxidation sites excluding steroid dienone is 7. The van der Waals surface area contributed by atoms with Gasteiger partial charge < -0.3 is 14.6 Å². The smallest absolute Gasteiger partial charge is 0.310 e. The highest BCUT2D eigenvalue weighted by molar-refractivity contribution is 5.97. The van der Waals surface area contributed by atoms with Crippen LogP contribution in [0.5, 0.6) is 5.75 Å². The number of carbonyl (C=O) groups is 4. The van der Waals surface area contributed by atoms with E-state index in [9.17, 15) is 24.3 Å². The van der Waals surface area contributed by atoms with Crippen LogP contribution in [0, 0.1) is 41.9 Å². The van der Waals surface area contributed by atoms with Gasteiger partial charge in [0.05, 0.1) is 11.8 Å². The first-order valence-electron chi connectivity index (χ1n) is 21.8. The predicted molar refractivity (Wildman–Crippen MR) is 225 cm³/mol. The van der Waals surface area contributed by atoms with E-state index >= 15 is 0 Å². The molecule has 0 bridgehead atoms. The number of hydrogen-bond donors (Lipinski definition) is 1. The first-order chi connectivity index (χ1) is 27.4. The normalized spacial score (nSPS) is 28.9. The third kappa shape index (κ3) is 9.56. The van der Waals surface area contributed by atoms with Crippen LogP contribution in [-0.4, -0.2) is 40.8 Å². The molecule has 7 rings (SSSR count). The van der Waals surface area contributed by atoms with Crippen LogP contribution in [0.1, 0.15) is 134 Å². The second-order valence-electron chi connectivity index (χ2n) is 18.4. The van der Waals surface area contributed by atoms with Crippen molar-refractivity contribution in [2.75, 3.05) is 0 Å². The van der Waals surface area contributed by atoms with E-state index < -0.39 is 35.2 Å². The molecular formula is C50H62O7. The summed E-state index contributed by atoms with van der Waals surface area (Å²) in [5.41, 5.74) is 4.81. The molecule has 3 saturated carbocycles. The number of aryl methyl sites for hydroxylation is 1. The number of carboxylic acid groups (broad SMARTS) is 1. The summed E-state index contributed by atoms with van der Waals surface area (Å²) in [4.78, 5) is 55.2. The summed E-state index contributed by atoms with van der Waals surface area (Å²) in [5, 5.41) is 12.5. The van der Waals surface area contributed by atoms with Crippen molar-refractivity contribution in [1.82, 2.24) is 0 Å². The van der Waals surface area contributed by atoms with Gasteiger partial charge in [-0.05, 0) is 136 Å². The number of esters is 1. The van der Waals surface area contributed by atoms with Crippen LogP contribution in [0.2, 0.25) is 0 Å². The molecule has 5 aliphatic carbocycles. The number of ketones is 2. The molecule has 304 valence electrons. The van der Waals surface area contributed by atoms with E-state index in [1.807, 2.05) is 12.1 Å². The lowest BCUT2D eigenvalue weighted by Crippen LogP contribution is -2.34. The second kappa shape index (κ2) is 17.7. The number of aliphatic carboxylic acids is 1. The molecule has 0 heterocycles. The molecule has 6 atom stereocenters. The van der Waals surface area contributed by atoms with Gasteiger partial charge in [-0.2, -0.15) is 0 Å². The maximum Gasteiger partial charge on any atom is 0.310 e. The molecule has 1 N–H and O–H groups in total. The van der Waals surface area contributed by atoms with Gasteiger partial charge in [-0.1, -0.05) is 86.9 Å². The van der Waals surface area contributed by atoms with Gasteiger partial charge >= 0.3 is 11.9 Å². The summed E-state index contributed by atoms with van der Waals surface area (Å²) in [6, 6.07) is 10.5. The van der Waals surface area contributed by atoms with Crippen molar-refractivity contribution in [2.24, 2.45) is 35.0 Å². The highest BCUT2D eigenvalue weighted by atomic mass is 16.5. The number of rotatable bonds is 11. The molecule has 57 heavy (non-hydrogen) atoms. The van der Waals surface area contributed by atoms with Crippen LogP contribution in [0.15, 0.2) is 72.4 Å². The first kappa shape index (κ1) is 40.9. The molecule has 5 aliphatic rings. The van der Waals surface area contributed by atoms with Crippen LogP contribution in [0.3, 0.4) is 0 Å². The van der Waals surface area contributed by atoms with Gasteiger partial charge in [-0.15, -0.1) is 0 Å². The highest BCUT2D eigenvalue weighted by Crippen LogP contribution is 2.58. The summed E-state index contributed by atoms with van der Waals surface area (Å²) in [5.74, 6) is -2.32. The second-order valence-corrected chi connectivity index (χ2v) is 18.4. The van der Waals surface area contributed by atoms with Gasteiger partial charge in [-0.25, -0.2) is 0 Å². The minimum absolute atomic E-state index is 0.0146. The summed E-state index contributed by atoms with van der Waals surface area (Å²) < 4.78 is 12.8. The summed E-state index contributed by atoms with van der Waals surface area (Å²) in [6.45, 7) is 10.9. The van der Waals surface area contributed by atoms with Crippen LogP contribution >= 0.6 is 0 Å². The zero-order valence-corrected chi connectivity index (χ0v) is 34.4. The Hall–Kier alpha value is -4.26. The number of fused-ring (bicyclic) bond motifs is 3. The standard InChI is InChI=1S/C50H62O7/c1-31(2)21-32(3)22-34-19-20-35(23-34)37-24-42-33(4)13-12-18-41(42)46(25-37)56-40-27-43-44(28-40)48(53)36(26-47(52)57-39-16-10-11-17-39)14-8-6-5-7-9-15-38-29-50(38,49(54)55)30-45(43)51/h9,12-13,15,18,20,23-25,31,36,38-40,43-44H,3,5-8,10-11,14,16-17,19,21-22,26-30H2,1-2,4H3,(H,54,55)/b15-9-. The van der Waals surface area contributed by atoms with Gasteiger partial charge in [-0.3, -0.25) is 19.2 Å². The zero-order valence-electron chi connectivity index (χ0n) is 34.4. The molecule has 0 saturated heterocycles. The molecular weight excluding hydrogens is 713 g/mol. The third-order valence-electron chi connectivity index (χ3n) is 13.5. The fourth-order valence-electron chi connectivity index (χ4n) is 10.3. The molecule has 2 aromatic rings. The Morgan fingerprint density at radius 2 is 1.74 bits per heavy atom. The molecule has 0 spiro atoms. The van der Waals surface area contributed by atoms with Crippen LogP contribution in [0.4, 0.5) is 0 Å². The summed E-state index contributed by atoms with van der Waals surface area (Å²) in [6.07, 6.45) is 19.7. The maximum absolute atomic E-state index is 14.8. The average molecular weight is 775 g/mol. The molecule has 2 aromatic carbocycles. The molecule has 0 aromatic heterocycles. The van der Waals surface area contributed by atoms with E-state index in [1.54, 1.807) is 0 Å².